The van der Waals surface area contributed by atoms with Gasteiger partial charge in [-0.3, -0.25) is 0 Å². The highest BCUT2D eigenvalue weighted by atomic mass is 16.5. The molecule has 0 fully saturated rings. The van der Waals surface area contributed by atoms with Crippen LogP contribution in [0.15, 0.2) is 36.9 Å². The first kappa shape index (κ1) is 15.7. The van der Waals surface area contributed by atoms with Crippen LogP contribution >= 0.6 is 0 Å². The summed E-state index contributed by atoms with van der Waals surface area (Å²) in [6.45, 7) is 3.71. The van der Waals surface area contributed by atoms with Crippen LogP contribution < -0.4 is 10.1 Å². The molecule has 0 radical (unpaired) electrons. The molecule has 106 valence electrons. The lowest BCUT2D eigenvalue weighted by Crippen LogP contribution is -2.99. The Balaban J connectivity index is 2.63. The number of aliphatic hydroxyl groups excluding tert-OH is 3. The molecule has 0 unspecified atom stereocenters. The van der Waals surface area contributed by atoms with E-state index in [2.05, 4.69) is 6.58 Å². The van der Waals surface area contributed by atoms with Gasteiger partial charge >= 0.3 is 0 Å². The molecule has 5 N–H and O–H groups in total. The zero-order valence-corrected chi connectivity index (χ0v) is 11.0. The molecule has 0 amide bonds. The van der Waals surface area contributed by atoms with Crippen LogP contribution in [0.25, 0.3) is 0 Å². The van der Waals surface area contributed by atoms with Gasteiger partial charge in [-0.05, 0) is 12.1 Å². The minimum absolute atomic E-state index is 0.285. The number of aliphatic hydroxyl groups is 3. The molecule has 1 aromatic carbocycles. The number of hydrogen-bond donors (Lipinski definition) is 4. The summed E-state index contributed by atoms with van der Waals surface area (Å²) in [5, 5.41) is 29.5. The third kappa shape index (κ3) is 4.65. The van der Waals surface area contributed by atoms with Crippen molar-refractivity contribution in [3.05, 3.63) is 42.5 Å². The van der Waals surface area contributed by atoms with Gasteiger partial charge in [0.1, 0.15) is 38.7 Å². The SMILES string of the molecule is C=CCOc1cccc(C[NH2+]C(CO)(CO)CO)c1. The maximum Gasteiger partial charge on any atom is 0.166 e. The van der Waals surface area contributed by atoms with E-state index in [1.54, 1.807) is 11.4 Å². The van der Waals surface area contributed by atoms with Crippen LogP contribution in [-0.4, -0.2) is 47.3 Å². The lowest BCUT2D eigenvalue weighted by atomic mass is 10.0. The first-order chi connectivity index (χ1) is 9.19. The normalized spacial score (nSPS) is 11.3. The van der Waals surface area contributed by atoms with Crippen LogP contribution in [0.3, 0.4) is 0 Å². The Bertz CT molecular complexity index is 383. The van der Waals surface area contributed by atoms with Gasteiger partial charge in [0.15, 0.2) is 5.54 Å². The topological polar surface area (TPSA) is 86.5 Å². The zero-order chi connectivity index (χ0) is 14.1. The van der Waals surface area contributed by atoms with Crippen molar-refractivity contribution in [2.75, 3.05) is 26.4 Å². The molecule has 0 saturated carbocycles. The summed E-state index contributed by atoms with van der Waals surface area (Å²) in [6, 6.07) is 7.54. The number of hydrogen-bond acceptors (Lipinski definition) is 4. The molecular weight excluding hydrogens is 246 g/mol. The lowest BCUT2D eigenvalue weighted by Gasteiger charge is -2.25. The van der Waals surface area contributed by atoms with Crippen molar-refractivity contribution in [3.63, 3.8) is 0 Å². The second-order valence-corrected chi connectivity index (χ2v) is 4.49. The van der Waals surface area contributed by atoms with Crippen molar-refractivity contribution in [2.45, 2.75) is 12.1 Å². The van der Waals surface area contributed by atoms with E-state index in [-0.39, 0.29) is 19.8 Å². The lowest BCUT2D eigenvalue weighted by molar-refractivity contribution is -0.746. The van der Waals surface area contributed by atoms with Gasteiger partial charge in [0.05, 0.1) is 0 Å². The third-order valence-electron chi connectivity index (χ3n) is 2.98. The van der Waals surface area contributed by atoms with Crippen molar-refractivity contribution in [1.82, 2.24) is 0 Å². The van der Waals surface area contributed by atoms with Crippen LogP contribution in [0.1, 0.15) is 5.56 Å². The standard InChI is InChI=1S/C14H21NO4/c1-2-6-19-13-5-3-4-12(7-13)8-15-14(9-16,10-17)11-18/h2-5,7,15-18H,1,6,8-11H2/p+1. The van der Waals surface area contributed by atoms with Crippen LogP contribution in [0.4, 0.5) is 0 Å². The summed E-state index contributed by atoms with van der Waals surface area (Å²) in [6.07, 6.45) is 1.67. The van der Waals surface area contributed by atoms with Gasteiger partial charge in [-0.15, -0.1) is 0 Å². The van der Waals surface area contributed by atoms with E-state index in [1.807, 2.05) is 24.3 Å². The zero-order valence-electron chi connectivity index (χ0n) is 11.0. The molecular formula is C14H22NO4+. The molecule has 0 bridgehead atoms. The first-order valence-electron chi connectivity index (χ1n) is 6.19. The summed E-state index contributed by atoms with van der Waals surface area (Å²) >= 11 is 0. The van der Waals surface area contributed by atoms with Crippen molar-refractivity contribution in [1.29, 1.82) is 0 Å². The minimum atomic E-state index is -0.946. The molecule has 0 spiro atoms. The number of rotatable bonds is 9. The van der Waals surface area contributed by atoms with Crippen LogP contribution in [0.5, 0.6) is 5.75 Å². The Labute approximate surface area is 113 Å². The summed E-state index contributed by atoms with van der Waals surface area (Å²) in [4.78, 5) is 0. The Morgan fingerprint density at radius 1 is 1.21 bits per heavy atom. The maximum absolute atomic E-state index is 9.24. The van der Waals surface area contributed by atoms with E-state index in [1.165, 1.54) is 0 Å². The Morgan fingerprint density at radius 2 is 1.89 bits per heavy atom. The second kappa shape index (κ2) is 7.91. The Kier molecular flexibility index (Phi) is 6.52. The molecule has 0 atom stereocenters. The predicted molar refractivity (Wildman–Crippen MR) is 71.8 cm³/mol. The molecule has 0 aromatic heterocycles. The monoisotopic (exact) mass is 268 g/mol. The highest BCUT2D eigenvalue weighted by Crippen LogP contribution is 2.12. The van der Waals surface area contributed by atoms with Crippen molar-refractivity contribution in [2.24, 2.45) is 0 Å². The molecule has 0 aliphatic heterocycles. The summed E-state index contributed by atoms with van der Waals surface area (Å²) in [5.74, 6) is 0.744. The fourth-order valence-corrected chi connectivity index (χ4v) is 1.60. The van der Waals surface area contributed by atoms with Gasteiger partial charge in [0.25, 0.3) is 0 Å². The number of ether oxygens (including phenoxy) is 1. The van der Waals surface area contributed by atoms with Crippen LogP contribution in [0.2, 0.25) is 0 Å². The maximum atomic E-state index is 9.24. The van der Waals surface area contributed by atoms with Gasteiger partial charge < -0.3 is 25.4 Å². The van der Waals surface area contributed by atoms with Gasteiger partial charge in [-0.1, -0.05) is 24.8 Å². The van der Waals surface area contributed by atoms with Crippen molar-refractivity contribution in [3.8, 4) is 5.75 Å². The Hall–Kier alpha value is -1.40. The quantitative estimate of drug-likeness (QED) is 0.434. The largest absolute Gasteiger partial charge is 0.490 e. The van der Waals surface area contributed by atoms with E-state index in [4.69, 9.17) is 4.74 Å². The molecule has 1 aromatic rings. The smallest absolute Gasteiger partial charge is 0.166 e. The number of benzene rings is 1. The molecule has 19 heavy (non-hydrogen) atoms. The molecule has 0 aliphatic carbocycles. The molecule has 5 nitrogen and oxygen atoms in total. The van der Waals surface area contributed by atoms with Crippen molar-refractivity contribution >= 4 is 0 Å². The summed E-state index contributed by atoms with van der Waals surface area (Å²) < 4.78 is 5.43. The Morgan fingerprint density at radius 3 is 2.47 bits per heavy atom. The number of quaternary nitrogens is 1. The van der Waals surface area contributed by atoms with E-state index in [0.717, 1.165) is 11.3 Å². The molecule has 0 saturated heterocycles. The van der Waals surface area contributed by atoms with Crippen LogP contribution in [-0.2, 0) is 6.54 Å². The van der Waals surface area contributed by atoms with Gasteiger partial charge in [-0.2, -0.15) is 0 Å². The molecule has 5 heteroatoms. The highest BCUT2D eigenvalue weighted by molar-refractivity contribution is 5.28. The molecule has 0 aliphatic rings. The van der Waals surface area contributed by atoms with E-state index in [9.17, 15) is 15.3 Å². The second-order valence-electron chi connectivity index (χ2n) is 4.49. The average Bonchev–Trinajstić information content (AvgIpc) is 2.47. The van der Waals surface area contributed by atoms with Gasteiger partial charge in [0.2, 0.25) is 0 Å². The third-order valence-corrected chi connectivity index (χ3v) is 2.98. The fourth-order valence-electron chi connectivity index (χ4n) is 1.60. The number of nitrogens with two attached hydrogens (primary N) is 1. The van der Waals surface area contributed by atoms with Gasteiger partial charge in [0, 0.05) is 5.56 Å². The predicted octanol–water partition coefficient (Wildman–Crippen LogP) is -0.969. The average molecular weight is 268 g/mol. The fraction of sp³-hybridized carbons (Fsp3) is 0.429. The van der Waals surface area contributed by atoms with Gasteiger partial charge in [-0.25, -0.2) is 0 Å². The molecule has 0 heterocycles. The summed E-state index contributed by atoms with van der Waals surface area (Å²) in [7, 11) is 0. The van der Waals surface area contributed by atoms with E-state index in [0.29, 0.717) is 13.2 Å². The minimum Gasteiger partial charge on any atom is -0.490 e. The highest BCUT2D eigenvalue weighted by Gasteiger charge is 2.31. The first-order valence-corrected chi connectivity index (χ1v) is 6.19. The van der Waals surface area contributed by atoms with Crippen molar-refractivity contribution < 1.29 is 25.4 Å². The van der Waals surface area contributed by atoms with E-state index >= 15 is 0 Å². The molecule has 1 rings (SSSR count). The van der Waals surface area contributed by atoms with E-state index < -0.39 is 5.54 Å². The van der Waals surface area contributed by atoms with Crippen LogP contribution in [0, 0.1) is 0 Å². The summed E-state index contributed by atoms with van der Waals surface area (Å²) in [5.41, 5.74) is 0.0409.